The zero-order valence-electron chi connectivity index (χ0n) is 24.3. The fraction of sp³-hybridized carbons (Fsp3) is 0. The molecule has 45 heavy (non-hydrogen) atoms. The van der Waals surface area contributed by atoms with Crippen LogP contribution in [-0.4, -0.2) is 19.5 Å². The van der Waals surface area contributed by atoms with Crippen LogP contribution >= 0.6 is 0 Å². The molecule has 0 bridgehead atoms. The second-order valence-electron chi connectivity index (χ2n) is 11.3. The highest BCUT2D eigenvalue weighted by molar-refractivity contribution is 6.12. The minimum Gasteiger partial charge on any atom is -0.292 e. The van der Waals surface area contributed by atoms with E-state index in [9.17, 15) is 0 Å². The van der Waals surface area contributed by atoms with Gasteiger partial charge in [0.25, 0.3) is 0 Å². The van der Waals surface area contributed by atoms with E-state index in [4.69, 9.17) is 9.97 Å². The van der Waals surface area contributed by atoms with Crippen LogP contribution in [0.5, 0.6) is 0 Å². The maximum absolute atomic E-state index is 5.10. The molecule has 0 amide bonds. The van der Waals surface area contributed by atoms with Gasteiger partial charge in [-0.2, -0.15) is 0 Å². The van der Waals surface area contributed by atoms with Crippen LogP contribution in [0.25, 0.3) is 83.1 Å². The number of nitrogens with zero attached hydrogens (tertiary/aromatic N) is 4. The molecule has 0 fully saturated rings. The van der Waals surface area contributed by atoms with Crippen molar-refractivity contribution in [3.63, 3.8) is 0 Å². The summed E-state index contributed by atoms with van der Waals surface area (Å²) in [5.74, 6) is 0.838. The van der Waals surface area contributed by atoms with E-state index < -0.39 is 0 Å². The summed E-state index contributed by atoms with van der Waals surface area (Å²) in [6.07, 6.45) is 1.84. The highest BCUT2D eigenvalue weighted by Gasteiger charge is 2.15. The molecule has 0 saturated heterocycles. The van der Waals surface area contributed by atoms with Crippen LogP contribution in [-0.2, 0) is 0 Å². The van der Waals surface area contributed by atoms with Gasteiger partial charge in [0.1, 0.15) is 5.82 Å². The van der Waals surface area contributed by atoms with E-state index in [-0.39, 0.29) is 0 Å². The Labute approximate surface area is 259 Å². The first-order valence-corrected chi connectivity index (χ1v) is 15.1. The zero-order chi connectivity index (χ0) is 29.7. The fourth-order valence-electron chi connectivity index (χ4n) is 6.59. The molecule has 0 aliphatic carbocycles. The summed E-state index contributed by atoms with van der Waals surface area (Å²) < 4.78 is 2.18. The summed E-state index contributed by atoms with van der Waals surface area (Å²) in [5, 5.41) is 6.12. The number of para-hydroxylation sites is 1. The van der Waals surface area contributed by atoms with E-state index in [1.807, 2.05) is 36.5 Å². The number of benzene rings is 5. The van der Waals surface area contributed by atoms with Crippen LogP contribution in [0.3, 0.4) is 0 Å². The van der Waals surface area contributed by atoms with E-state index in [1.165, 1.54) is 32.7 Å². The maximum atomic E-state index is 5.10. The Hall–Kier alpha value is -6.13. The predicted octanol–water partition coefficient (Wildman–Crippen LogP) is 10.3. The topological polar surface area (TPSA) is 43.6 Å². The van der Waals surface area contributed by atoms with Crippen molar-refractivity contribution in [1.29, 1.82) is 0 Å². The molecule has 0 radical (unpaired) electrons. The normalized spacial score (nSPS) is 11.6. The first-order chi connectivity index (χ1) is 22.3. The fourth-order valence-corrected chi connectivity index (χ4v) is 6.59. The summed E-state index contributed by atoms with van der Waals surface area (Å²) in [6.45, 7) is 0. The molecule has 9 aromatic rings. The van der Waals surface area contributed by atoms with Crippen LogP contribution in [0.2, 0.25) is 0 Å². The molecule has 0 unspecified atom stereocenters. The lowest BCUT2D eigenvalue weighted by molar-refractivity contribution is 1.08. The molecule has 4 heteroatoms. The minimum absolute atomic E-state index is 0.822. The molecule has 210 valence electrons. The molecule has 4 nitrogen and oxygen atoms in total. The van der Waals surface area contributed by atoms with E-state index in [2.05, 4.69) is 131 Å². The van der Waals surface area contributed by atoms with E-state index in [0.29, 0.717) is 0 Å². The van der Waals surface area contributed by atoms with Gasteiger partial charge >= 0.3 is 0 Å². The highest BCUT2D eigenvalue weighted by atomic mass is 15.1. The highest BCUT2D eigenvalue weighted by Crippen LogP contribution is 2.37. The van der Waals surface area contributed by atoms with Crippen molar-refractivity contribution < 1.29 is 0 Å². The predicted molar refractivity (Wildman–Crippen MR) is 185 cm³/mol. The second kappa shape index (κ2) is 10.2. The van der Waals surface area contributed by atoms with Crippen molar-refractivity contribution in [3.8, 4) is 39.6 Å². The summed E-state index contributed by atoms with van der Waals surface area (Å²) >= 11 is 0. The molecule has 0 saturated carbocycles. The molecule has 0 aliphatic heterocycles. The molecule has 0 aliphatic rings. The van der Waals surface area contributed by atoms with Crippen molar-refractivity contribution >= 4 is 43.5 Å². The first kappa shape index (κ1) is 25.4. The van der Waals surface area contributed by atoms with Gasteiger partial charge in [0.05, 0.1) is 33.6 Å². The van der Waals surface area contributed by atoms with Gasteiger partial charge in [0, 0.05) is 17.1 Å². The number of hydrogen-bond donors (Lipinski definition) is 0. The molecule has 4 heterocycles. The third-order valence-electron chi connectivity index (χ3n) is 8.64. The monoisotopic (exact) mass is 574 g/mol. The van der Waals surface area contributed by atoms with Gasteiger partial charge in [-0.15, -0.1) is 0 Å². The van der Waals surface area contributed by atoms with Gasteiger partial charge in [-0.05, 0) is 81.2 Å². The van der Waals surface area contributed by atoms with Crippen LogP contribution < -0.4 is 0 Å². The van der Waals surface area contributed by atoms with Crippen molar-refractivity contribution in [1.82, 2.24) is 19.5 Å². The van der Waals surface area contributed by atoms with Crippen LogP contribution in [0.15, 0.2) is 158 Å². The minimum atomic E-state index is 0.822. The molecule has 4 aromatic heterocycles. The van der Waals surface area contributed by atoms with Crippen molar-refractivity contribution in [2.75, 3.05) is 0 Å². The summed E-state index contributed by atoms with van der Waals surface area (Å²) in [5.41, 5.74) is 9.17. The second-order valence-corrected chi connectivity index (χ2v) is 11.3. The number of aromatic nitrogens is 4. The molecule has 5 aromatic carbocycles. The van der Waals surface area contributed by atoms with Crippen molar-refractivity contribution in [2.24, 2.45) is 0 Å². The van der Waals surface area contributed by atoms with Crippen molar-refractivity contribution in [2.45, 2.75) is 0 Å². The number of fused-ring (bicyclic) bond motifs is 5. The van der Waals surface area contributed by atoms with E-state index in [0.717, 1.165) is 50.4 Å². The van der Waals surface area contributed by atoms with Crippen LogP contribution in [0.1, 0.15) is 0 Å². The van der Waals surface area contributed by atoms with E-state index in [1.54, 1.807) is 0 Å². The molecule has 0 spiro atoms. The SMILES string of the molecule is c1cc(-c2ccc(-c3c4ccccc4cc4ccccc34)cc2)nc(-c2cccc(-n3c4ccccc4c4ncccc43)n2)c1. The number of pyridine rings is 3. The lowest BCUT2D eigenvalue weighted by Crippen LogP contribution is -1.99. The zero-order valence-corrected chi connectivity index (χ0v) is 24.3. The Morgan fingerprint density at radius 2 is 1.02 bits per heavy atom. The Morgan fingerprint density at radius 3 is 1.80 bits per heavy atom. The Bertz CT molecular complexity index is 2440. The molecule has 9 rings (SSSR count). The van der Waals surface area contributed by atoms with Gasteiger partial charge in [0.2, 0.25) is 0 Å². The average Bonchev–Trinajstić information content (AvgIpc) is 3.45. The van der Waals surface area contributed by atoms with Gasteiger partial charge in [0.15, 0.2) is 0 Å². The third kappa shape index (κ3) is 4.19. The Morgan fingerprint density at radius 1 is 0.422 bits per heavy atom. The quantitative estimate of drug-likeness (QED) is 0.196. The Balaban J connectivity index is 1.11. The third-order valence-corrected chi connectivity index (χ3v) is 8.64. The van der Waals surface area contributed by atoms with Crippen LogP contribution in [0, 0.1) is 0 Å². The standard InChI is InChI=1S/C41H26N4/c1-3-12-31-29(10-1)26-30-11-2-4-13-32(30)40(31)28-23-21-27(22-24-28)34-15-7-16-35(43-34)36-17-8-20-39(44-36)45-37-18-6-5-14-33(37)41-38(45)19-9-25-42-41/h1-26H. The average molecular weight is 575 g/mol. The lowest BCUT2D eigenvalue weighted by atomic mass is 9.91. The Kier molecular flexibility index (Phi) is 5.78. The van der Waals surface area contributed by atoms with Gasteiger partial charge < -0.3 is 0 Å². The molecular formula is C41H26N4. The molecule has 0 N–H and O–H groups in total. The number of hydrogen-bond acceptors (Lipinski definition) is 3. The van der Waals surface area contributed by atoms with Crippen LogP contribution in [0.4, 0.5) is 0 Å². The smallest absolute Gasteiger partial charge is 0.138 e. The molecule has 0 atom stereocenters. The van der Waals surface area contributed by atoms with E-state index >= 15 is 0 Å². The van der Waals surface area contributed by atoms with Gasteiger partial charge in [-0.1, -0.05) is 103 Å². The lowest BCUT2D eigenvalue weighted by Gasteiger charge is -2.13. The largest absolute Gasteiger partial charge is 0.292 e. The summed E-state index contributed by atoms with van der Waals surface area (Å²) in [7, 11) is 0. The summed E-state index contributed by atoms with van der Waals surface area (Å²) in [6, 6.07) is 53.0. The van der Waals surface area contributed by atoms with Crippen molar-refractivity contribution in [3.05, 3.63) is 158 Å². The van der Waals surface area contributed by atoms with Gasteiger partial charge in [-0.25, -0.2) is 9.97 Å². The molecular weight excluding hydrogens is 548 g/mol. The first-order valence-electron chi connectivity index (χ1n) is 15.1. The maximum Gasteiger partial charge on any atom is 0.138 e. The van der Waals surface area contributed by atoms with Gasteiger partial charge in [-0.3, -0.25) is 9.55 Å². The number of rotatable bonds is 4. The summed E-state index contributed by atoms with van der Waals surface area (Å²) in [4.78, 5) is 14.9.